The Kier molecular flexibility index (Phi) is 4.67. The SMILES string of the molecule is CCCCc1ccc2c(c1)Oc1cc(CCCC)ccc1N2. The maximum atomic E-state index is 6.16. The molecule has 2 aromatic carbocycles. The molecule has 0 saturated carbocycles. The summed E-state index contributed by atoms with van der Waals surface area (Å²) in [7, 11) is 0. The largest absolute Gasteiger partial charge is 0.453 e. The summed E-state index contributed by atoms with van der Waals surface area (Å²) < 4.78 is 6.16. The van der Waals surface area contributed by atoms with E-state index in [2.05, 4.69) is 55.6 Å². The van der Waals surface area contributed by atoms with Crippen molar-refractivity contribution in [3.05, 3.63) is 47.5 Å². The number of nitrogens with one attached hydrogen (secondary N) is 1. The lowest BCUT2D eigenvalue weighted by Gasteiger charge is -2.23. The van der Waals surface area contributed by atoms with E-state index in [4.69, 9.17) is 4.74 Å². The lowest BCUT2D eigenvalue weighted by atomic mass is 10.0. The van der Waals surface area contributed by atoms with E-state index in [1.165, 1.54) is 36.8 Å². The zero-order valence-corrected chi connectivity index (χ0v) is 13.6. The molecule has 1 aliphatic heterocycles. The highest BCUT2D eigenvalue weighted by molar-refractivity contribution is 5.76. The summed E-state index contributed by atoms with van der Waals surface area (Å²) in [6.07, 6.45) is 7.14. The quantitative estimate of drug-likeness (QED) is 0.582. The second-order valence-electron chi connectivity index (χ2n) is 6.10. The average molecular weight is 295 g/mol. The summed E-state index contributed by atoms with van der Waals surface area (Å²) in [6, 6.07) is 13.0. The molecular weight excluding hydrogens is 270 g/mol. The minimum atomic E-state index is 0.953. The Balaban J connectivity index is 1.80. The van der Waals surface area contributed by atoms with Crippen molar-refractivity contribution in [1.29, 1.82) is 0 Å². The molecule has 1 heterocycles. The normalized spacial score (nSPS) is 12.1. The first-order chi connectivity index (χ1) is 10.8. The molecule has 0 unspecified atom stereocenters. The van der Waals surface area contributed by atoms with Crippen LogP contribution < -0.4 is 10.1 Å². The fourth-order valence-corrected chi connectivity index (χ4v) is 2.85. The number of unbranched alkanes of at least 4 members (excludes halogenated alkanes) is 2. The van der Waals surface area contributed by atoms with Crippen molar-refractivity contribution < 1.29 is 4.74 Å². The van der Waals surface area contributed by atoms with E-state index >= 15 is 0 Å². The molecule has 1 aliphatic rings. The molecule has 0 atom stereocenters. The zero-order valence-electron chi connectivity index (χ0n) is 13.6. The van der Waals surface area contributed by atoms with Gasteiger partial charge in [0, 0.05) is 0 Å². The Labute approximate surface area is 133 Å². The molecule has 0 radical (unpaired) electrons. The number of hydrogen-bond donors (Lipinski definition) is 1. The van der Waals surface area contributed by atoms with Crippen LogP contribution in [0.5, 0.6) is 11.5 Å². The smallest absolute Gasteiger partial charge is 0.151 e. The molecule has 0 aromatic heterocycles. The van der Waals surface area contributed by atoms with Crippen LogP contribution in [0.1, 0.15) is 50.7 Å². The third kappa shape index (κ3) is 3.27. The maximum absolute atomic E-state index is 6.16. The van der Waals surface area contributed by atoms with Crippen molar-refractivity contribution in [2.75, 3.05) is 5.32 Å². The van der Waals surface area contributed by atoms with Gasteiger partial charge in [-0.2, -0.15) is 0 Å². The van der Waals surface area contributed by atoms with Gasteiger partial charge in [-0.1, -0.05) is 38.8 Å². The van der Waals surface area contributed by atoms with Crippen LogP contribution in [-0.4, -0.2) is 0 Å². The van der Waals surface area contributed by atoms with Crippen LogP contribution in [0.3, 0.4) is 0 Å². The number of aryl methyl sites for hydroxylation is 2. The van der Waals surface area contributed by atoms with Crippen molar-refractivity contribution in [1.82, 2.24) is 0 Å². The third-order valence-electron chi connectivity index (χ3n) is 4.22. The topological polar surface area (TPSA) is 21.3 Å². The minimum Gasteiger partial charge on any atom is -0.453 e. The van der Waals surface area contributed by atoms with Crippen LogP contribution in [0.15, 0.2) is 36.4 Å². The van der Waals surface area contributed by atoms with Gasteiger partial charge in [0.05, 0.1) is 11.4 Å². The van der Waals surface area contributed by atoms with E-state index in [1.54, 1.807) is 0 Å². The first-order valence-corrected chi connectivity index (χ1v) is 8.51. The van der Waals surface area contributed by atoms with Gasteiger partial charge in [-0.3, -0.25) is 0 Å². The molecule has 0 aliphatic carbocycles. The third-order valence-corrected chi connectivity index (χ3v) is 4.22. The summed E-state index contributed by atoms with van der Waals surface area (Å²) in [5.74, 6) is 1.91. The number of hydrogen-bond acceptors (Lipinski definition) is 2. The predicted molar refractivity (Wildman–Crippen MR) is 93.5 cm³/mol. The highest BCUT2D eigenvalue weighted by Gasteiger charge is 2.17. The fraction of sp³-hybridized carbons (Fsp3) is 0.400. The van der Waals surface area contributed by atoms with E-state index in [0.717, 1.165) is 35.7 Å². The second kappa shape index (κ2) is 6.87. The molecular formula is C20H25NO. The van der Waals surface area contributed by atoms with Gasteiger partial charge in [-0.25, -0.2) is 0 Å². The lowest BCUT2D eigenvalue weighted by molar-refractivity contribution is 0.479. The van der Waals surface area contributed by atoms with E-state index in [0.29, 0.717) is 0 Å². The highest BCUT2D eigenvalue weighted by atomic mass is 16.5. The van der Waals surface area contributed by atoms with Crippen LogP contribution in [0.25, 0.3) is 0 Å². The second-order valence-corrected chi connectivity index (χ2v) is 6.10. The molecule has 0 fully saturated rings. The van der Waals surface area contributed by atoms with Gasteiger partial charge in [0.2, 0.25) is 0 Å². The van der Waals surface area contributed by atoms with Crippen molar-refractivity contribution in [2.45, 2.75) is 52.4 Å². The lowest BCUT2D eigenvalue weighted by Crippen LogP contribution is -2.04. The number of anilines is 2. The number of fused-ring (bicyclic) bond motifs is 2. The van der Waals surface area contributed by atoms with Crippen molar-refractivity contribution >= 4 is 11.4 Å². The Morgan fingerprint density at radius 2 is 1.27 bits per heavy atom. The molecule has 0 bridgehead atoms. The molecule has 0 spiro atoms. The van der Waals surface area contributed by atoms with Gasteiger partial charge in [0.1, 0.15) is 0 Å². The zero-order chi connectivity index (χ0) is 15.4. The summed E-state index contributed by atoms with van der Waals surface area (Å²) in [5.41, 5.74) is 4.84. The number of benzene rings is 2. The molecule has 0 amide bonds. The predicted octanol–water partition coefficient (Wildman–Crippen LogP) is 6.22. The van der Waals surface area contributed by atoms with E-state index < -0.39 is 0 Å². The Hall–Kier alpha value is -1.96. The number of ether oxygens (including phenoxy) is 1. The van der Waals surface area contributed by atoms with Crippen molar-refractivity contribution in [3.8, 4) is 11.5 Å². The highest BCUT2D eigenvalue weighted by Crippen LogP contribution is 2.42. The molecule has 2 nitrogen and oxygen atoms in total. The summed E-state index contributed by atoms with van der Waals surface area (Å²) in [5, 5.41) is 3.48. The fourth-order valence-electron chi connectivity index (χ4n) is 2.85. The monoisotopic (exact) mass is 295 g/mol. The van der Waals surface area contributed by atoms with E-state index in [-0.39, 0.29) is 0 Å². The first kappa shape index (κ1) is 15.0. The van der Waals surface area contributed by atoms with Crippen LogP contribution in [0.2, 0.25) is 0 Å². The molecule has 1 N–H and O–H groups in total. The van der Waals surface area contributed by atoms with Gasteiger partial charge >= 0.3 is 0 Å². The van der Waals surface area contributed by atoms with Gasteiger partial charge in [0.15, 0.2) is 11.5 Å². The standard InChI is InChI=1S/C20H25NO/c1-3-5-7-15-9-11-17-19(13-15)22-20-14-16(8-6-4-2)10-12-18(20)21-17/h9-14,21H,3-8H2,1-2H3. The Morgan fingerprint density at radius 1 is 0.773 bits per heavy atom. The molecule has 116 valence electrons. The minimum absolute atomic E-state index is 0.953. The summed E-state index contributed by atoms with van der Waals surface area (Å²) in [6.45, 7) is 4.45. The Bertz CT molecular complexity index is 593. The van der Waals surface area contributed by atoms with Crippen LogP contribution >= 0.6 is 0 Å². The molecule has 22 heavy (non-hydrogen) atoms. The van der Waals surface area contributed by atoms with Gasteiger partial charge in [-0.05, 0) is 61.1 Å². The first-order valence-electron chi connectivity index (χ1n) is 8.51. The van der Waals surface area contributed by atoms with Gasteiger partial charge in [0.25, 0.3) is 0 Å². The molecule has 3 rings (SSSR count). The van der Waals surface area contributed by atoms with Crippen molar-refractivity contribution in [3.63, 3.8) is 0 Å². The van der Waals surface area contributed by atoms with E-state index in [1.807, 2.05) is 0 Å². The summed E-state index contributed by atoms with van der Waals surface area (Å²) >= 11 is 0. The van der Waals surface area contributed by atoms with Crippen molar-refractivity contribution in [2.24, 2.45) is 0 Å². The molecule has 2 heteroatoms. The maximum Gasteiger partial charge on any atom is 0.151 e. The van der Waals surface area contributed by atoms with Gasteiger partial charge < -0.3 is 10.1 Å². The molecule has 0 saturated heterocycles. The summed E-state index contributed by atoms with van der Waals surface area (Å²) in [4.78, 5) is 0. The Morgan fingerprint density at radius 3 is 1.73 bits per heavy atom. The van der Waals surface area contributed by atoms with E-state index in [9.17, 15) is 0 Å². The number of rotatable bonds is 6. The van der Waals surface area contributed by atoms with Crippen LogP contribution in [0.4, 0.5) is 11.4 Å². The van der Waals surface area contributed by atoms with Gasteiger partial charge in [-0.15, -0.1) is 0 Å². The molecule has 2 aromatic rings. The van der Waals surface area contributed by atoms with Crippen LogP contribution in [0, 0.1) is 0 Å². The average Bonchev–Trinajstić information content (AvgIpc) is 2.56. The van der Waals surface area contributed by atoms with Crippen LogP contribution in [-0.2, 0) is 12.8 Å².